The third kappa shape index (κ3) is 3.88. The van der Waals surface area contributed by atoms with Crippen LogP contribution in [0.3, 0.4) is 0 Å². The molecule has 1 amide bonds. The summed E-state index contributed by atoms with van der Waals surface area (Å²) in [6, 6.07) is 7.41. The summed E-state index contributed by atoms with van der Waals surface area (Å²) in [4.78, 5) is 23.2. The van der Waals surface area contributed by atoms with Gasteiger partial charge in [0.25, 0.3) is 5.56 Å². The molecule has 22 heavy (non-hydrogen) atoms. The lowest BCUT2D eigenvalue weighted by molar-refractivity contribution is -0.137. The number of aromatic nitrogens is 1. The van der Waals surface area contributed by atoms with Crippen LogP contribution in [0.25, 0.3) is 0 Å². The van der Waals surface area contributed by atoms with Gasteiger partial charge in [-0.05, 0) is 24.3 Å². The zero-order valence-corrected chi connectivity index (χ0v) is 11.8. The number of nitrogens with zero attached hydrogens (tertiary/aromatic N) is 1. The van der Waals surface area contributed by atoms with E-state index in [-0.39, 0.29) is 17.8 Å². The second kappa shape index (κ2) is 6.23. The highest BCUT2D eigenvalue weighted by atomic mass is 35.5. The Labute approximate surface area is 128 Å². The molecule has 1 aromatic heterocycles. The number of nitrogens with one attached hydrogen (secondary N) is 1. The minimum absolute atomic E-state index is 0.0503. The maximum Gasteiger partial charge on any atom is 0.417 e. The van der Waals surface area contributed by atoms with E-state index in [0.29, 0.717) is 0 Å². The molecule has 116 valence electrons. The molecule has 0 radical (unpaired) electrons. The topological polar surface area (TPSA) is 51.1 Å². The molecule has 0 atom stereocenters. The molecule has 2 rings (SSSR count). The van der Waals surface area contributed by atoms with Crippen LogP contribution in [-0.4, -0.2) is 10.5 Å². The molecular formula is C14H10ClF3N2O2. The largest absolute Gasteiger partial charge is 0.417 e. The molecule has 0 saturated carbocycles. The number of rotatable bonds is 3. The standard InChI is InChI=1S/C14H10ClF3N2O2/c15-11-5-4-9(7-10(11)14(16,17)18)19-12(21)8-20-6-2-1-3-13(20)22/h1-7H,8H2,(H,19,21). The monoisotopic (exact) mass is 330 g/mol. The van der Waals surface area contributed by atoms with Crippen LogP contribution in [0.15, 0.2) is 47.4 Å². The number of alkyl halides is 3. The SMILES string of the molecule is O=C(Cn1ccccc1=O)Nc1ccc(Cl)c(C(F)(F)F)c1. The summed E-state index contributed by atoms with van der Waals surface area (Å²) >= 11 is 5.49. The summed E-state index contributed by atoms with van der Waals surface area (Å²) in [7, 11) is 0. The molecule has 0 fully saturated rings. The second-order valence-electron chi connectivity index (χ2n) is 4.41. The van der Waals surface area contributed by atoms with Crippen molar-refractivity contribution in [1.82, 2.24) is 4.57 Å². The van der Waals surface area contributed by atoms with Gasteiger partial charge in [0.1, 0.15) is 6.54 Å². The smallest absolute Gasteiger partial charge is 0.325 e. The lowest BCUT2D eigenvalue weighted by atomic mass is 10.2. The number of hydrogen-bond acceptors (Lipinski definition) is 2. The highest BCUT2D eigenvalue weighted by molar-refractivity contribution is 6.31. The minimum atomic E-state index is -4.62. The fraction of sp³-hybridized carbons (Fsp3) is 0.143. The summed E-state index contributed by atoms with van der Waals surface area (Å²) in [6.07, 6.45) is -3.21. The van der Waals surface area contributed by atoms with Gasteiger partial charge in [-0.2, -0.15) is 13.2 Å². The van der Waals surface area contributed by atoms with Crippen LogP contribution in [0.4, 0.5) is 18.9 Å². The molecule has 4 nitrogen and oxygen atoms in total. The van der Waals surface area contributed by atoms with E-state index in [9.17, 15) is 22.8 Å². The van der Waals surface area contributed by atoms with Crippen LogP contribution >= 0.6 is 11.6 Å². The van der Waals surface area contributed by atoms with Crippen molar-refractivity contribution in [2.24, 2.45) is 0 Å². The summed E-state index contributed by atoms with van der Waals surface area (Å²) in [5.41, 5.74) is -1.47. The zero-order valence-electron chi connectivity index (χ0n) is 11.0. The Hall–Kier alpha value is -2.28. The molecule has 0 aliphatic rings. The van der Waals surface area contributed by atoms with E-state index in [1.165, 1.54) is 24.4 Å². The van der Waals surface area contributed by atoms with Crippen molar-refractivity contribution in [3.8, 4) is 0 Å². The lowest BCUT2D eigenvalue weighted by Crippen LogP contribution is -2.26. The molecule has 2 aromatic rings. The lowest BCUT2D eigenvalue weighted by Gasteiger charge is -2.12. The van der Waals surface area contributed by atoms with Crippen LogP contribution < -0.4 is 10.9 Å². The minimum Gasteiger partial charge on any atom is -0.325 e. The molecule has 1 aromatic carbocycles. The Bertz CT molecular complexity index is 756. The molecule has 0 aliphatic heterocycles. The van der Waals surface area contributed by atoms with Gasteiger partial charge in [0.2, 0.25) is 5.91 Å². The first-order valence-corrected chi connectivity index (χ1v) is 6.47. The summed E-state index contributed by atoms with van der Waals surface area (Å²) in [5.74, 6) is -0.622. The van der Waals surface area contributed by atoms with E-state index in [2.05, 4.69) is 5.32 Å². The number of carbonyl (C=O) groups is 1. The highest BCUT2D eigenvalue weighted by Gasteiger charge is 2.33. The predicted molar refractivity (Wildman–Crippen MR) is 75.8 cm³/mol. The van der Waals surface area contributed by atoms with Crippen LogP contribution in [-0.2, 0) is 17.5 Å². The van der Waals surface area contributed by atoms with Crippen molar-refractivity contribution in [1.29, 1.82) is 0 Å². The fourth-order valence-electron chi connectivity index (χ4n) is 1.77. The number of benzene rings is 1. The van der Waals surface area contributed by atoms with Crippen molar-refractivity contribution in [2.45, 2.75) is 12.7 Å². The summed E-state index contributed by atoms with van der Waals surface area (Å²) in [6.45, 7) is -0.302. The number of amides is 1. The van der Waals surface area contributed by atoms with Crippen molar-refractivity contribution in [2.75, 3.05) is 5.32 Å². The van der Waals surface area contributed by atoms with Gasteiger partial charge < -0.3 is 9.88 Å². The van der Waals surface area contributed by atoms with Crippen LogP contribution in [0, 0.1) is 0 Å². The van der Waals surface area contributed by atoms with Gasteiger partial charge in [-0.1, -0.05) is 17.7 Å². The van der Waals surface area contributed by atoms with Gasteiger partial charge in [0.15, 0.2) is 0 Å². The van der Waals surface area contributed by atoms with E-state index in [1.807, 2.05) is 0 Å². The van der Waals surface area contributed by atoms with Crippen LogP contribution in [0.1, 0.15) is 5.56 Å². The molecule has 0 aliphatic carbocycles. The molecule has 8 heteroatoms. The molecule has 1 N–H and O–H groups in total. The van der Waals surface area contributed by atoms with E-state index in [4.69, 9.17) is 11.6 Å². The average Bonchev–Trinajstić information content (AvgIpc) is 2.42. The van der Waals surface area contributed by atoms with Gasteiger partial charge in [-0.15, -0.1) is 0 Å². The number of carbonyl (C=O) groups excluding carboxylic acids is 1. The van der Waals surface area contributed by atoms with Crippen molar-refractivity contribution in [3.05, 3.63) is 63.5 Å². The van der Waals surface area contributed by atoms with Gasteiger partial charge in [-0.3, -0.25) is 9.59 Å². The van der Waals surface area contributed by atoms with Crippen molar-refractivity contribution >= 4 is 23.2 Å². The van der Waals surface area contributed by atoms with Crippen LogP contribution in [0.5, 0.6) is 0 Å². The fourth-order valence-corrected chi connectivity index (χ4v) is 1.99. The molecule has 0 bridgehead atoms. The van der Waals surface area contributed by atoms with E-state index < -0.39 is 22.7 Å². The predicted octanol–water partition coefficient (Wildman–Crippen LogP) is 3.16. The quantitative estimate of drug-likeness (QED) is 0.940. The number of pyridine rings is 1. The zero-order chi connectivity index (χ0) is 16.3. The first kappa shape index (κ1) is 16.1. The van der Waals surface area contributed by atoms with Gasteiger partial charge >= 0.3 is 6.18 Å². The molecule has 0 saturated heterocycles. The van der Waals surface area contributed by atoms with Crippen molar-refractivity contribution in [3.63, 3.8) is 0 Å². The third-order valence-electron chi connectivity index (χ3n) is 2.77. The highest BCUT2D eigenvalue weighted by Crippen LogP contribution is 2.36. The first-order chi connectivity index (χ1) is 10.3. The molecular weight excluding hydrogens is 321 g/mol. The second-order valence-corrected chi connectivity index (χ2v) is 4.81. The Morgan fingerprint density at radius 2 is 1.95 bits per heavy atom. The van der Waals surface area contributed by atoms with E-state index in [0.717, 1.165) is 16.7 Å². The Morgan fingerprint density at radius 1 is 1.23 bits per heavy atom. The van der Waals surface area contributed by atoms with E-state index in [1.54, 1.807) is 6.07 Å². The van der Waals surface area contributed by atoms with Crippen LogP contribution in [0.2, 0.25) is 5.02 Å². The molecule has 0 unspecified atom stereocenters. The Kier molecular flexibility index (Phi) is 4.56. The number of anilines is 1. The first-order valence-electron chi connectivity index (χ1n) is 6.09. The number of halogens is 4. The van der Waals surface area contributed by atoms with Gasteiger partial charge in [0.05, 0.1) is 10.6 Å². The summed E-state index contributed by atoms with van der Waals surface area (Å²) < 4.78 is 39.3. The molecule has 1 heterocycles. The molecule has 0 spiro atoms. The van der Waals surface area contributed by atoms with Gasteiger partial charge in [-0.25, -0.2) is 0 Å². The maximum atomic E-state index is 12.7. The normalized spacial score (nSPS) is 11.3. The maximum absolute atomic E-state index is 12.7. The average molecular weight is 331 g/mol. The summed E-state index contributed by atoms with van der Waals surface area (Å²) in [5, 5.41) is 1.85. The van der Waals surface area contributed by atoms with E-state index >= 15 is 0 Å². The number of hydrogen-bond donors (Lipinski definition) is 1. The van der Waals surface area contributed by atoms with Crippen molar-refractivity contribution < 1.29 is 18.0 Å². The third-order valence-corrected chi connectivity index (χ3v) is 3.10. The Morgan fingerprint density at radius 3 is 2.59 bits per heavy atom. The van der Waals surface area contributed by atoms with Gasteiger partial charge in [0, 0.05) is 18.0 Å². The Balaban J connectivity index is 2.16.